The van der Waals surface area contributed by atoms with Gasteiger partial charge in [-0.2, -0.15) is 0 Å². The third-order valence-electron chi connectivity index (χ3n) is 4.15. The van der Waals surface area contributed by atoms with Crippen LogP contribution in [0.3, 0.4) is 0 Å². The first-order valence-corrected chi connectivity index (χ1v) is 7.55. The minimum absolute atomic E-state index is 0.281. The van der Waals surface area contributed by atoms with E-state index in [1.807, 2.05) is 12.1 Å². The Kier molecular flexibility index (Phi) is 4.21. The molecule has 1 saturated heterocycles. The smallest absolute Gasteiger partial charge is 0.119 e. The highest BCUT2D eigenvalue weighted by Gasteiger charge is 2.28. The molecule has 2 aliphatic rings. The second kappa shape index (κ2) is 6.27. The molecule has 0 aliphatic carbocycles. The lowest BCUT2D eigenvalue weighted by Crippen LogP contribution is -2.41. The van der Waals surface area contributed by atoms with Crippen LogP contribution < -0.4 is 10.1 Å². The minimum Gasteiger partial charge on any atom is -0.497 e. The van der Waals surface area contributed by atoms with Crippen LogP contribution in [-0.4, -0.2) is 44.0 Å². The van der Waals surface area contributed by atoms with Crippen molar-refractivity contribution >= 4 is 5.84 Å². The van der Waals surface area contributed by atoms with E-state index in [9.17, 15) is 0 Å². The average Bonchev–Trinajstić information content (AvgIpc) is 3.03. The maximum absolute atomic E-state index is 5.26. The molecule has 3 rings (SSSR count). The van der Waals surface area contributed by atoms with E-state index < -0.39 is 0 Å². The van der Waals surface area contributed by atoms with E-state index in [0.717, 1.165) is 37.8 Å². The maximum atomic E-state index is 5.26. The highest BCUT2D eigenvalue weighted by molar-refractivity contribution is 5.89. The Morgan fingerprint density at radius 2 is 1.90 bits per heavy atom. The third-order valence-corrected chi connectivity index (χ3v) is 4.15. The van der Waals surface area contributed by atoms with Crippen molar-refractivity contribution in [3.63, 3.8) is 0 Å². The molecular weight excluding hydrogens is 250 g/mol. The molecule has 0 saturated carbocycles. The molecule has 1 aromatic rings. The second-order valence-corrected chi connectivity index (χ2v) is 5.47. The van der Waals surface area contributed by atoms with Crippen LogP contribution in [0.1, 0.15) is 30.9 Å². The quantitative estimate of drug-likeness (QED) is 0.914. The number of nitrogens with zero attached hydrogens (tertiary/aromatic N) is 2. The zero-order valence-corrected chi connectivity index (χ0v) is 12.1. The number of benzene rings is 1. The molecule has 1 fully saturated rings. The molecule has 0 radical (unpaired) electrons. The summed E-state index contributed by atoms with van der Waals surface area (Å²) in [6.07, 6.45) is 3.94. The fourth-order valence-electron chi connectivity index (χ4n) is 3.10. The molecule has 0 bridgehead atoms. The molecule has 108 valence electrons. The molecule has 1 atom stereocenters. The number of aliphatic imine (C=N–C) groups is 1. The SMILES string of the molecule is COc1ccc(C(C2=NCCN2)N2CCCCC2)cc1. The van der Waals surface area contributed by atoms with Crippen molar-refractivity contribution in [3.05, 3.63) is 29.8 Å². The highest BCUT2D eigenvalue weighted by atomic mass is 16.5. The molecular formula is C16H23N3O. The van der Waals surface area contributed by atoms with Gasteiger partial charge >= 0.3 is 0 Å². The van der Waals surface area contributed by atoms with Crippen LogP contribution in [0.2, 0.25) is 0 Å². The van der Waals surface area contributed by atoms with Gasteiger partial charge in [-0.15, -0.1) is 0 Å². The van der Waals surface area contributed by atoms with Crippen LogP contribution in [0.15, 0.2) is 29.3 Å². The number of ether oxygens (including phenoxy) is 1. The summed E-state index contributed by atoms with van der Waals surface area (Å²) in [7, 11) is 1.71. The van der Waals surface area contributed by atoms with E-state index in [1.165, 1.54) is 24.8 Å². The van der Waals surface area contributed by atoms with Crippen molar-refractivity contribution in [2.75, 3.05) is 33.3 Å². The van der Waals surface area contributed by atoms with E-state index in [0.29, 0.717) is 0 Å². The Hall–Kier alpha value is -1.55. The van der Waals surface area contributed by atoms with Crippen molar-refractivity contribution in [1.29, 1.82) is 0 Å². The number of piperidine rings is 1. The molecule has 0 spiro atoms. The van der Waals surface area contributed by atoms with E-state index in [2.05, 4.69) is 27.3 Å². The largest absolute Gasteiger partial charge is 0.497 e. The number of nitrogens with one attached hydrogen (secondary N) is 1. The summed E-state index contributed by atoms with van der Waals surface area (Å²) in [5.41, 5.74) is 1.31. The van der Waals surface area contributed by atoms with Crippen LogP contribution in [0, 0.1) is 0 Å². The second-order valence-electron chi connectivity index (χ2n) is 5.47. The van der Waals surface area contributed by atoms with Gasteiger partial charge in [0, 0.05) is 6.54 Å². The summed E-state index contributed by atoms with van der Waals surface area (Å²) in [5.74, 6) is 2.05. The van der Waals surface area contributed by atoms with E-state index in [1.54, 1.807) is 7.11 Å². The van der Waals surface area contributed by atoms with Gasteiger partial charge in [0.2, 0.25) is 0 Å². The Morgan fingerprint density at radius 3 is 2.50 bits per heavy atom. The van der Waals surface area contributed by atoms with Gasteiger partial charge < -0.3 is 10.1 Å². The van der Waals surface area contributed by atoms with Crippen molar-refractivity contribution < 1.29 is 4.74 Å². The predicted octanol–water partition coefficient (Wildman–Crippen LogP) is 2.22. The minimum atomic E-state index is 0.281. The summed E-state index contributed by atoms with van der Waals surface area (Å²) in [5, 5.41) is 3.46. The van der Waals surface area contributed by atoms with Gasteiger partial charge in [-0.05, 0) is 43.6 Å². The summed E-state index contributed by atoms with van der Waals surface area (Å²) in [4.78, 5) is 7.22. The molecule has 0 aromatic heterocycles. The molecule has 4 nitrogen and oxygen atoms in total. The Balaban J connectivity index is 1.86. The van der Waals surface area contributed by atoms with Crippen molar-refractivity contribution in [1.82, 2.24) is 10.2 Å². The van der Waals surface area contributed by atoms with Crippen molar-refractivity contribution in [2.24, 2.45) is 4.99 Å². The zero-order valence-electron chi connectivity index (χ0n) is 12.1. The first-order chi connectivity index (χ1) is 9.88. The standard InChI is InChI=1S/C16H23N3O/c1-20-14-7-5-13(6-8-14)15(16-17-9-10-18-16)19-11-3-2-4-12-19/h5-8,15H,2-4,9-12H2,1H3,(H,17,18). The molecule has 1 aromatic carbocycles. The first-order valence-electron chi connectivity index (χ1n) is 7.55. The monoisotopic (exact) mass is 273 g/mol. The summed E-state index contributed by atoms with van der Waals surface area (Å²) in [6.45, 7) is 4.19. The van der Waals surface area contributed by atoms with Gasteiger partial charge in [0.15, 0.2) is 0 Å². The lowest BCUT2D eigenvalue weighted by molar-refractivity contribution is 0.201. The molecule has 0 amide bonds. The fourth-order valence-corrected chi connectivity index (χ4v) is 3.10. The fraction of sp³-hybridized carbons (Fsp3) is 0.562. The van der Waals surface area contributed by atoms with Crippen LogP contribution >= 0.6 is 0 Å². The van der Waals surface area contributed by atoms with Gasteiger partial charge in [-0.3, -0.25) is 9.89 Å². The summed E-state index contributed by atoms with van der Waals surface area (Å²) in [6, 6.07) is 8.70. The van der Waals surface area contributed by atoms with E-state index >= 15 is 0 Å². The number of likely N-dealkylation sites (tertiary alicyclic amines) is 1. The normalized spacial score (nSPS) is 21.1. The van der Waals surface area contributed by atoms with E-state index in [4.69, 9.17) is 4.74 Å². The van der Waals surface area contributed by atoms with Crippen LogP contribution in [0.4, 0.5) is 0 Å². The third kappa shape index (κ3) is 2.80. The van der Waals surface area contributed by atoms with Gasteiger partial charge in [-0.1, -0.05) is 18.6 Å². The number of methoxy groups -OCH3 is 1. The number of amidine groups is 1. The average molecular weight is 273 g/mol. The summed E-state index contributed by atoms with van der Waals surface area (Å²) >= 11 is 0. The molecule has 1 unspecified atom stereocenters. The molecule has 2 heterocycles. The van der Waals surface area contributed by atoms with Crippen molar-refractivity contribution in [2.45, 2.75) is 25.3 Å². The summed E-state index contributed by atoms with van der Waals surface area (Å²) < 4.78 is 5.26. The molecule has 2 aliphatic heterocycles. The number of rotatable bonds is 4. The molecule has 1 N–H and O–H groups in total. The molecule has 4 heteroatoms. The van der Waals surface area contributed by atoms with Crippen LogP contribution in [0.5, 0.6) is 5.75 Å². The lowest BCUT2D eigenvalue weighted by Gasteiger charge is -2.35. The highest BCUT2D eigenvalue weighted by Crippen LogP contribution is 2.27. The molecule has 20 heavy (non-hydrogen) atoms. The van der Waals surface area contributed by atoms with Gasteiger partial charge in [0.1, 0.15) is 11.6 Å². The van der Waals surface area contributed by atoms with E-state index in [-0.39, 0.29) is 6.04 Å². The van der Waals surface area contributed by atoms with Gasteiger partial charge in [0.05, 0.1) is 19.7 Å². The Morgan fingerprint density at radius 1 is 1.15 bits per heavy atom. The predicted molar refractivity (Wildman–Crippen MR) is 81.5 cm³/mol. The van der Waals surface area contributed by atoms with Gasteiger partial charge in [-0.25, -0.2) is 0 Å². The lowest BCUT2D eigenvalue weighted by atomic mass is 10.0. The van der Waals surface area contributed by atoms with Crippen LogP contribution in [0.25, 0.3) is 0 Å². The first kappa shape index (κ1) is 13.4. The number of hydrogen-bond acceptors (Lipinski definition) is 4. The van der Waals surface area contributed by atoms with Gasteiger partial charge in [0.25, 0.3) is 0 Å². The topological polar surface area (TPSA) is 36.9 Å². The zero-order chi connectivity index (χ0) is 13.8. The van der Waals surface area contributed by atoms with Crippen molar-refractivity contribution in [3.8, 4) is 5.75 Å². The Labute approximate surface area is 120 Å². The Bertz CT molecular complexity index is 463. The van der Waals surface area contributed by atoms with Crippen LogP contribution in [-0.2, 0) is 0 Å². The number of hydrogen-bond donors (Lipinski definition) is 1. The maximum Gasteiger partial charge on any atom is 0.119 e.